The molecule has 0 aromatic carbocycles. The van der Waals surface area contributed by atoms with Crippen molar-refractivity contribution in [3.63, 3.8) is 0 Å². The summed E-state index contributed by atoms with van der Waals surface area (Å²) in [7, 11) is 0. The minimum absolute atomic E-state index is 0.00805. The van der Waals surface area contributed by atoms with Crippen LogP contribution in [-0.4, -0.2) is 41.0 Å². The zero-order valence-corrected chi connectivity index (χ0v) is 14.0. The molecule has 0 spiro atoms. The van der Waals surface area contributed by atoms with Gasteiger partial charge in [0, 0.05) is 13.0 Å². The lowest BCUT2D eigenvalue weighted by molar-refractivity contribution is -0.140. The first kappa shape index (κ1) is 17.5. The van der Waals surface area contributed by atoms with Crippen molar-refractivity contribution in [2.45, 2.75) is 52.1 Å². The van der Waals surface area contributed by atoms with E-state index < -0.39 is 12.1 Å². The number of likely N-dealkylation sites (tertiary alicyclic amines) is 1. The van der Waals surface area contributed by atoms with E-state index >= 15 is 0 Å². The fourth-order valence-corrected chi connectivity index (χ4v) is 2.86. The molecule has 128 valence electrons. The number of aliphatic hydroxyl groups is 1. The van der Waals surface area contributed by atoms with E-state index in [9.17, 15) is 14.7 Å². The Bertz CT molecular complexity index is 533. The lowest BCUT2D eigenvalue weighted by Gasteiger charge is -2.28. The van der Waals surface area contributed by atoms with Gasteiger partial charge in [0.25, 0.3) is 0 Å². The molecule has 2 amide bonds. The molecule has 1 fully saturated rings. The van der Waals surface area contributed by atoms with E-state index in [0.29, 0.717) is 25.1 Å². The summed E-state index contributed by atoms with van der Waals surface area (Å²) in [6, 6.07) is 2.36. The van der Waals surface area contributed by atoms with Crippen LogP contribution in [0.15, 0.2) is 22.8 Å². The first-order chi connectivity index (χ1) is 10.8. The van der Waals surface area contributed by atoms with Gasteiger partial charge in [-0.25, -0.2) is 0 Å². The Morgan fingerprint density at radius 3 is 2.78 bits per heavy atom. The highest BCUT2D eigenvalue weighted by molar-refractivity contribution is 5.88. The van der Waals surface area contributed by atoms with Crippen molar-refractivity contribution in [1.82, 2.24) is 10.2 Å². The molecule has 1 saturated heterocycles. The summed E-state index contributed by atoms with van der Waals surface area (Å²) < 4.78 is 5.23. The number of carbonyl (C=O) groups excluding carboxylic acids is 2. The van der Waals surface area contributed by atoms with Crippen LogP contribution in [0.5, 0.6) is 0 Å². The van der Waals surface area contributed by atoms with Gasteiger partial charge in [0.05, 0.1) is 12.9 Å². The van der Waals surface area contributed by atoms with Crippen molar-refractivity contribution >= 4 is 11.8 Å². The van der Waals surface area contributed by atoms with Gasteiger partial charge in [0.2, 0.25) is 11.8 Å². The molecular weight excluding hydrogens is 296 g/mol. The number of rotatable bonds is 5. The third kappa shape index (κ3) is 4.58. The van der Waals surface area contributed by atoms with Crippen LogP contribution in [-0.2, 0) is 9.59 Å². The Kier molecular flexibility index (Phi) is 5.46. The predicted octanol–water partition coefficient (Wildman–Crippen LogP) is 1.86. The third-order valence-corrected chi connectivity index (χ3v) is 3.94. The zero-order valence-electron chi connectivity index (χ0n) is 14.0. The molecule has 1 aliphatic rings. The second-order valence-electron chi connectivity index (χ2n) is 7.24. The molecule has 2 unspecified atom stereocenters. The van der Waals surface area contributed by atoms with E-state index in [1.165, 1.54) is 6.26 Å². The summed E-state index contributed by atoms with van der Waals surface area (Å²) in [5, 5.41) is 12.2. The van der Waals surface area contributed by atoms with Crippen molar-refractivity contribution in [2.24, 2.45) is 5.41 Å². The largest absolute Gasteiger partial charge is 0.467 e. The molecule has 0 bridgehead atoms. The highest BCUT2D eigenvalue weighted by Crippen LogP contribution is 2.25. The van der Waals surface area contributed by atoms with Gasteiger partial charge in [0.1, 0.15) is 17.8 Å². The van der Waals surface area contributed by atoms with Crippen LogP contribution in [0.25, 0.3) is 0 Å². The summed E-state index contributed by atoms with van der Waals surface area (Å²) in [5.41, 5.74) is -0.109. The molecule has 1 aliphatic heterocycles. The molecular formula is C17H26N2O4. The Labute approximate surface area is 136 Å². The summed E-state index contributed by atoms with van der Waals surface area (Å²) >= 11 is 0. The lowest BCUT2D eigenvalue weighted by atomic mass is 9.91. The average Bonchev–Trinajstić information content (AvgIpc) is 3.13. The Morgan fingerprint density at radius 2 is 2.22 bits per heavy atom. The van der Waals surface area contributed by atoms with Gasteiger partial charge < -0.3 is 19.7 Å². The Morgan fingerprint density at radius 1 is 1.48 bits per heavy atom. The summed E-state index contributed by atoms with van der Waals surface area (Å²) in [6.07, 6.45) is 3.38. The van der Waals surface area contributed by atoms with Gasteiger partial charge in [-0.15, -0.1) is 0 Å². The molecule has 0 aliphatic carbocycles. The summed E-state index contributed by atoms with van der Waals surface area (Å²) in [5.74, 6) is 0.278. The van der Waals surface area contributed by atoms with Crippen molar-refractivity contribution in [3.05, 3.63) is 24.2 Å². The highest BCUT2D eigenvalue weighted by atomic mass is 16.3. The maximum absolute atomic E-state index is 12.5. The standard InChI is InChI=1S/C17H26N2O4/c1-17(2,3)10-15(21)19-8-4-6-13(19)16(22)18-12(11-20)14-7-5-9-23-14/h5,7,9,12-13,20H,4,6,8,10-11H2,1-3H3,(H,18,22). The fourth-order valence-electron chi connectivity index (χ4n) is 2.86. The number of hydrogen-bond donors (Lipinski definition) is 2. The first-order valence-corrected chi connectivity index (χ1v) is 8.06. The van der Waals surface area contributed by atoms with E-state index in [2.05, 4.69) is 5.32 Å². The second-order valence-corrected chi connectivity index (χ2v) is 7.24. The third-order valence-electron chi connectivity index (χ3n) is 3.94. The summed E-state index contributed by atoms with van der Waals surface area (Å²) in [6.45, 7) is 6.39. The maximum atomic E-state index is 12.5. The number of furan rings is 1. The van der Waals surface area contributed by atoms with Gasteiger partial charge in [-0.1, -0.05) is 20.8 Å². The quantitative estimate of drug-likeness (QED) is 0.867. The maximum Gasteiger partial charge on any atom is 0.243 e. The van der Waals surface area contributed by atoms with E-state index in [-0.39, 0.29) is 23.8 Å². The number of carbonyl (C=O) groups is 2. The number of nitrogens with one attached hydrogen (secondary N) is 1. The van der Waals surface area contributed by atoms with Gasteiger partial charge in [0.15, 0.2) is 0 Å². The zero-order chi connectivity index (χ0) is 17.0. The second kappa shape index (κ2) is 7.17. The van der Waals surface area contributed by atoms with Crippen LogP contribution < -0.4 is 5.32 Å². The fraction of sp³-hybridized carbons (Fsp3) is 0.647. The number of nitrogens with zero attached hydrogens (tertiary/aromatic N) is 1. The van der Waals surface area contributed by atoms with Crippen LogP contribution >= 0.6 is 0 Å². The van der Waals surface area contributed by atoms with E-state index in [1.807, 2.05) is 20.8 Å². The monoisotopic (exact) mass is 322 g/mol. The van der Waals surface area contributed by atoms with Crippen molar-refractivity contribution in [1.29, 1.82) is 0 Å². The molecule has 2 atom stereocenters. The van der Waals surface area contributed by atoms with Crippen molar-refractivity contribution in [3.8, 4) is 0 Å². The van der Waals surface area contributed by atoms with E-state index in [1.54, 1.807) is 17.0 Å². The van der Waals surface area contributed by atoms with Gasteiger partial charge in [-0.05, 0) is 30.4 Å². The van der Waals surface area contributed by atoms with Crippen LogP contribution in [0, 0.1) is 5.41 Å². The van der Waals surface area contributed by atoms with Gasteiger partial charge in [-0.3, -0.25) is 9.59 Å². The number of amides is 2. The molecule has 0 saturated carbocycles. The summed E-state index contributed by atoms with van der Waals surface area (Å²) in [4.78, 5) is 26.6. The molecule has 2 N–H and O–H groups in total. The van der Waals surface area contributed by atoms with Gasteiger partial charge >= 0.3 is 0 Å². The topological polar surface area (TPSA) is 82.8 Å². The smallest absolute Gasteiger partial charge is 0.243 e. The lowest BCUT2D eigenvalue weighted by Crippen LogP contribution is -2.47. The minimum Gasteiger partial charge on any atom is -0.467 e. The molecule has 1 aromatic rings. The van der Waals surface area contributed by atoms with Crippen LogP contribution in [0.1, 0.15) is 51.8 Å². The molecule has 0 radical (unpaired) electrons. The van der Waals surface area contributed by atoms with Crippen molar-refractivity contribution in [2.75, 3.05) is 13.2 Å². The predicted molar refractivity (Wildman–Crippen MR) is 85.5 cm³/mol. The Hall–Kier alpha value is -1.82. The average molecular weight is 322 g/mol. The van der Waals surface area contributed by atoms with Crippen LogP contribution in [0.3, 0.4) is 0 Å². The van der Waals surface area contributed by atoms with E-state index in [0.717, 1.165) is 6.42 Å². The van der Waals surface area contributed by atoms with Crippen LogP contribution in [0.2, 0.25) is 0 Å². The molecule has 2 rings (SSSR count). The van der Waals surface area contributed by atoms with E-state index in [4.69, 9.17) is 4.42 Å². The van der Waals surface area contributed by atoms with Crippen molar-refractivity contribution < 1.29 is 19.1 Å². The SMILES string of the molecule is CC(C)(C)CC(=O)N1CCCC1C(=O)NC(CO)c1ccco1. The minimum atomic E-state index is -0.585. The number of aliphatic hydroxyl groups excluding tert-OH is 1. The normalized spacial score (nSPS) is 19.7. The van der Waals surface area contributed by atoms with Crippen LogP contribution in [0.4, 0.5) is 0 Å². The number of hydrogen-bond acceptors (Lipinski definition) is 4. The molecule has 6 nitrogen and oxygen atoms in total. The highest BCUT2D eigenvalue weighted by Gasteiger charge is 2.36. The van der Waals surface area contributed by atoms with Gasteiger partial charge in [-0.2, -0.15) is 0 Å². The molecule has 1 aromatic heterocycles. The first-order valence-electron chi connectivity index (χ1n) is 8.06. The molecule has 23 heavy (non-hydrogen) atoms. The Balaban J connectivity index is 2.01. The molecule has 2 heterocycles. The molecule has 6 heteroatoms.